The van der Waals surface area contributed by atoms with Gasteiger partial charge in [0.1, 0.15) is 5.75 Å². The Morgan fingerprint density at radius 2 is 1.69 bits per heavy atom. The number of rotatable bonds is 2. The maximum Gasteiger partial charge on any atom is 0.172 e. The number of ether oxygens (including phenoxy) is 1. The Labute approximate surface area is 93.2 Å². The molecule has 4 heteroatoms. The molecule has 1 aromatic rings. The number of carbonyl (C=O) groups excluding carboxylic acids is 1. The molecule has 0 unspecified atom stereocenters. The van der Waals surface area contributed by atoms with Crippen LogP contribution < -0.4 is 4.74 Å². The number of hydrogen-bond donors (Lipinski definition) is 0. The first-order chi connectivity index (χ1) is 7.27. The predicted octanol–water partition coefficient (Wildman–Crippen LogP) is 3.20. The van der Waals surface area contributed by atoms with Crippen molar-refractivity contribution >= 4 is 5.78 Å². The molecule has 1 aromatic carbocycles. The molecule has 0 N–H and O–H groups in total. The quantitative estimate of drug-likeness (QED) is 0.726. The number of methoxy groups -OCH3 is 1. The zero-order valence-electron chi connectivity index (χ0n) is 9.73. The first-order valence-electron chi connectivity index (χ1n) is 4.85. The van der Waals surface area contributed by atoms with Gasteiger partial charge in [-0.1, -0.05) is 20.8 Å². The zero-order valence-corrected chi connectivity index (χ0v) is 9.73. The summed E-state index contributed by atoms with van der Waals surface area (Å²) in [5.74, 6) is -2.31. The highest BCUT2D eigenvalue weighted by Gasteiger charge is 2.27. The van der Waals surface area contributed by atoms with Crippen LogP contribution in [-0.4, -0.2) is 12.9 Å². The fourth-order valence-corrected chi connectivity index (χ4v) is 1.28. The van der Waals surface area contributed by atoms with E-state index in [4.69, 9.17) is 4.74 Å². The van der Waals surface area contributed by atoms with Gasteiger partial charge in [0.2, 0.25) is 0 Å². The van der Waals surface area contributed by atoms with E-state index in [0.717, 1.165) is 12.1 Å². The zero-order chi connectivity index (χ0) is 12.5. The largest absolute Gasteiger partial charge is 0.496 e. The third-order valence-electron chi connectivity index (χ3n) is 2.17. The van der Waals surface area contributed by atoms with Crippen LogP contribution in [0.3, 0.4) is 0 Å². The van der Waals surface area contributed by atoms with Crippen molar-refractivity contribution in [1.82, 2.24) is 0 Å². The summed E-state index contributed by atoms with van der Waals surface area (Å²) in [6, 6.07) is 1.76. The Morgan fingerprint density at radius 1 is 1.19 bits per heavy atom. The van der Waals surface area contributed by atoms with Gasteiger partial charge in [0, 0.05) is 11.5 Å². The van der Waals surface area contributed by atoms with E-state index in [9.17, 15) is 13.6 Å². The molecule has 1 rings (SSSR count). The van der Waals surface area contributed by atoms with Crippen molar-refractivity contribution in [1.29, 1.82) is 0 Å². The predicted molar refractivity (Wildman–Crippen MR) is 56.7 cm³/mol. The minimum absolute atomic E-state index is 0.0545. The molecule has 2 nitrogen and oxygen atoms in total. The molecule has 0 atom stereocenters. The number of hydrogen-bond acceptors (Lipinski definition) is 2. The molecule has 0 saturated heterocycles. The summed E-state index contributed by atoms with van der Waals surface area (Å²) < 4.78 is 30.9. The van der Waals surface area contributed by atoms with Gasteiger partial charge in [0.25, 0.3) is 0 Å². The van der Waals surface area contributed by atoms with E-state index < -0.39 is 17.0 Å². The number of carbonyl (C=O) groups is 1. The molecule has 16 heavy (non-hydrogen) atoms. The van der Waals surface area contributed by atoms with Crippen LogP contribution in [0.5, 0.6) is 5.75 Å². The van der Waals surface area contributed by atoms with E-state index in [1.807, 2.05) is 0 Å². The summed E-state index contributed by atoms with van der Waals surface area (Å²) in [4.78, 5) is 11.9. The van der Waals surface area contributed by atoms with E-state index in [2.05, 4.69) is 0 Å². The molecule has 0 aliphatic heterocycles. The number of ketones is 1. The van der Waals surface area contributed by atoms with Crippen LogP contribution in [0.25, 0.3) is 0 Å². The molecule has 0 radical (unpaired) electrons. The molecule has 88 valence electrons. The Kier molecular flexibility index (Phi) is 3.31. The molecular weight excluding hydrogens is 214 g/mol. The van der Waals surface area contributed by atoms with Crippen LogP contribution in [0.1, 0.15) is 31.1 Å². The highest BCUT2D eigenvalue weighted by atomic mass is 19.2. The summed E-state index contributed by atoms with van der Waals surface area (Å²) in [6.45, 7) is 5.11. The van der Waals surface area contributed by atoms with E-state index in [1.165, 1.54) is 7.11 Å². The van der Waals surface area contributed by atoms with Crippen LogP contribution in [0, 0.1) is 17.0 Å². The number of benzene rings is 1. The second-order valence-electron chi connectivity index (χ2n) is 4.55. The maximum atomic E-state index is 13.1. The lowest BCUT2D eigenvalue weighted by Crippen LogP contribution is -2.21. The lowest BCUT2D eigenvalue weighted by atomic mass is 9.86. The number of Topliss-reactive ketones (excluding diaryl/α,β-unsaturated/α-hetero) is 1. The average Bonchev–Trinajstić information content (AvgIpc) is 2.19. The van der Waals surface area contributed by atoms with E-state index in [1.54, 1.807) is 20.8 Å². The molecule has 0 spiro atoms. The Balaban J connectivity index is 3.33. The van der Waals surface area contributed by atoms with Gasteiger partial charge in [0.05, 0.1) is 12.7 Å². The van der Waals surface area contributed by atoms with Crippen molar-refractivity contribution in [3.8, 4) is 5.75 Å². The van der Waals surface area contributed by atoms with E-state index in [0.29, 0.717) is 0 Å². The summed E-state index contributed by atoms with van der Waals surface area (Å²) in [5.41, 5.74) is -0.605. The van der Waals surface area contributed by atoms with Gasteiger partial charge in [-0.15, -0.1) is 0 Å². The van der Waals surface area contributed by atoms with Crippen LogP contribution >= 0.6 is 0 Å². The SMILES string of the molecule is COc1cc(F)c(F)cc1C(=O)C(C)(C)C. The normalized spacial score (nSPS) is 11.4. The van der Waals surface area contributed by atoms with Gasteiger partial charge in [-0.25, -0.2) is 8.78 Å². The molecule has 0 aromatic heterocycles. The lowest BCUT2D eigenvalue weighted by Gasteiger charge is -2.18. The van der Waals surface area contributed by atoms with Crippen LogP contribution in [0.2, 0.25) is 0 Å². The Hall–Kier alpha value is -1.45. The average molecular weight is 228 g/mol. The van der Waals surface area contributed by atoms with Gasteiger partial charge in [0.15, 0.2) is 17.4 Å². The summed E-state index contributed by atoms with van der Waals surface area (Å²) in [7, 11) is 1.31. The van der Waals surface area contributed by atoms with Gasteiger partial charge in [-0.05, 0) is 6.07 Å². The smallest absolute Gasteiger partial charge is 0.172 e. The van der Waals surface area contributed by atoms with Gasteiger partial charge in [-0.3, -0.25) is 4.79 Å². The topological polar surface area (TPSA) is 26.3 Å². The molecule has 0 bridgehead atoms. The first-order valence-corrected chi connectivity index (χ1v) is 4.85. The van der Waals surface area contributed by atoms with Gasteiger partial charge < -0.3 is 4.74 Å². The molecule has 0 heterocycles. The number of halogens is 2. The minimum Gasteiger partial charge on any atom is -0.496 e. The van der Waals surface area contributed by atoms with Gasteiger partial charge in [-0.2, -0.15) is 0 Å². The Morgan fingerprint density at radius 3 is 2.12 bits per heavy atom. The second-order valence-corrected chi connectivity index (χ2v) is 4.55. The third-order valence-corrected chi connectivity index (χ3v) is 2.17. The monoisotopic (exact) mass is 228 g/mol. The molecule has 0 aliphatic rings. The van der Waals surface area contributed by atoms with Crippen molar-refractivity contribution in [2.75, 3.05) is 7.11 Å². The fourth-order valence-electron chi connectivity index (χ4n) is 1.28. The second kappa shape index (κ2) is 4.20. The van der Waals surface area contributed by atoms with E-state index >= 15 is 0 Å². The molecular formula is C12H14F2O2. The van der Waals surface area contributed by atoms with Crippen molar-refractivity contribution in [2.45, 2.75) is 20.8 Å². The minimum atomic E-state index is -1.05. The standard InChI is InChI=1S/C12H14F2O2/c1-12(2,3)11(15)7-5-8(13)9(14)6-10(7)16-4/h5-6H,1-4H3. The molecule has 0 fully saturated rings. The Bertz CT molecular complexity index is 420. The lowest BCUT2D eigenvalue weighted by molar-refractivity contribution is 0.0854. The van der Waals surface area contributed by atoms with Crippen LogP contribution in [0.15, 0.2) is 12.1 Å². The molecule has 0 amide bonds. The van der Waals surface area contributed by atoms with Crippen molar-refractivity contribution in [2.24, 2.45) is 5.41 Å². The summed E-state index contributed by atoms with van der Waals surface area (Å²) in [5, 5.41) is 0. The van der Waals surface area contributed by atoms with Crippen LogP contribution in [-0.2, 0) is 0 Å². The third kappa shape index (κ3) is 2.38. The van der Waals surface area contributed by atoms with Crippen molar-refractivity contribution in [3.05, 3.63) is 29.3 Å². The van der Waals surface area contributed by atoms with Crippen molar-refractivity contribution < 1.29 is 18.3 Å². The summed E-state index contributed by atoms with van der Waals surface area (Å²) >= 11 is 0. The van der Waals surface area contributed by atoms with Crippen LogP contribution in [0.4, 0.5) is 8.78 Å². The van der Waals surface area contributed by atoms with E-state index in [-0.39, 0.29) is 17.1 Å². The summed E-state index contributed by atoms with van der Waals surface area (Å²) in [6.07, 6.45) is 0. The van der Waals surface area contributed by atoms with Crippen molar-refractivity contribution in [3.63, 3.8) is 0 Å². The highest BCUT2D eigenvalue weighted by molar-refractivity contribution is 6.02. The first kappa shape index (κ1) is 12.6. The molecule has 0 aliphatic carbocycles. The fraction of sp³-hybridized carbons (Fsp3) is 0.417. The maximum absolute atomic E-state index is 13.1. The highest BCUT2D eigenvalue weighted by Crippen LogP contribution is 2.29. The molecule has 0 saturated carbocycles. The van der Waals surface area contributed by atoms with Gasteiger partial charge >= 0.3 is 0 Å².